The molecule has 0 saturated carbocycles. The molecule has 0 radical (unpaired) electrons. The minimum atomic E-state index is -1.31. The average molecular weight is 294 g/mol. The number of carbonyl (C=O) groups is 2. The van der Waals surface area contributed by atoms with Gasteiger partial charge in [-0.1, -0.05) is 0 Å². The Bertz CT molecular complexity index is 253. The van der Waals surface area contributed by atoms with Crippen LogP contribution in [0.25, 0.3) is 0 Å². The van der Waals surface area contributed by atoms with E-state index in [0.717, 1.165) is 0 Å². The quantitative estimate of drug-likeness (QED) is 0.217. The molecule has 0 aliphatic carbocycles. The third-order valence-electron chi connectivity index (χ3n) is 2.30. The Kier molecular flexibility index (Phi) is 10.9. The molecule has 2 atom stereocenters. The fourth-order valence-electron chi connectivity index (χ4n) is 1.30. The molecule has 20 heavy (non-hydrogen) atoms. The van der Waals surface area contributed by atoms with E-state index >= 15 is 0 Å². The first-order chi connectivity index (χ1) is 9.49. The third kappa shape index (κ3) is 10.7. The fraction of sp³-hybridized carbons (Fsp3) is 0.833. The van der Waals surface area contributed by atoms with Gasteiger partial charge in [-0.3, -0.25) is 9.59 Å². The van der Waals surface area contributed by atoms with Gasteiger partial charge >= 0.3 is 11.9 Å². The molecule has 0 aromatic heterocycles. The zero-order valence-corrected chi connectivity index (χ0v) is 11.2. The number of hydrogen-bond donors (Lipinski definition) is 4. The number of esters is 2. The molecular formula is C12H22O8. The van der Waals surface area contributed by atoms with Crippen molar-refractivity contribution >= 4 is 11.9 Å². The SMILES string of the molecule is O=C(CCCCC(=O)OC(O)CCO)OC(O)CCO. The number of carbonyl (C=O) groups excluding carboxylic acids is 2. The van der Waals surface area contributed by atoms with Crippen LogP contribution in [0.1, 0.15) is 38.5 Å². The molecule has 0 aliphatic rings. The summed E-state index contributed by atoms with van der Waals surface area (Å²) in [6, 6.07) is 0. The molecule has 0 fully saturated rings. The number of ether oxygens (including phenoxy) is 2. The number of unbranched alkanes of at least 4 members (excludes halogenated alkanes) is 1. The van der Waals surface area contributed by atoms with Crippen molar-refractivity contribution in [1.82, 2.24) is 0 Å². The maximum atomic E-state index is 11.2. The van der Waals surface area contributed by atoms with E-state index in [-0.39, 0.29) is 38.9 Å². The molecule has 118 valence electrons. The van der Waals surface area contributed by atoms with Gasteiger partial charge in [0.1, 0.15) is 0 Å². The van der Waals surface area contributed by atoms with Crippen molar-refractivity contribution in [1.29, 1.82) is 0 Å². The Hall–Kier alpha value is -1.22. The van der Waals surface area contributed by atoms with Gasteiger partial charge in [0.25, 0.3) is 0 Å². The molecule has 0 heterocycles. The summed E-state index contributed by atoms with van der Waals surface area (Å²) in [5, 5.41) is 35.2. The van der Waals surface area contributed by atoms with Crippen LogP contribution in [0.2, 0.25) is 0 Å². The summed E-state index contributed by atoms with van der Waals surface area (Å²) in [5.74, 6) is -1.22. The van der Waals surface area contributed by atoms with Crippen LogP contribution < -0.4 is 0 Å². The number of hydrogen-bond acceptors (Lipinski definition) is 8. The van der Waals surface area contributed by atoms with Crippen LogP contribution >= 0.6 is 0 Å². The lowest BCUT2D eigenvalue weighted by Gasteiger charge is -2.11. The van der Waals surface area contributed by atoms with Crippen molar-refractivity contribution in [2.24, 2.45) is 0 Å². The summed E-state index contributed by atoms with van der Waals surface area (Å²) < 4.78 is 9.13. The van der Waals surface area contributed by atoms with Crippen LogP contribution in [0.5, 0.6) is 0 Å². The standard InChI is InChI=1S/C12H22O8/c13-7-5-11(17)19-9(15)3-1-2-4-10(16)20-12(18)6-8-14/h11-14,17-18H,1-8H2. The maximum Gasteiger partial charge on any atom is 0.308 e. The van der Waals surface area contributed by atoms with Gasteiger partial charge in [0.2, 0.25) is 12.6 Å². The van der Waals surface area contributed by atoms with E-state index in [1.807, 2.05) is 0 Å². The Balaban J connectivity index is 3.60. The lowest BCUT2D eigenvalue weighted by molar-refractivity contribution is -0.172. The number of aliphatic hydroxyl groups excluding tert-OH is 4. The van der Waals surface area contributed by atoms with Gasteiger partial charge in [-0.2, -0.15) is 0 Å². The lowest BCUT2D eigenvalue weighted by atomic mass is 10.2. The first-order valence-electron chi connectivity index (χ1n) is 6.46. The van der Waals surface area contributed by atoms with Crippen molar-refractivity contribution in [3.63, 3.8) is 0 Å². The van der Waals surface area contributed by atoms with Crippen LogP contribution in [0.15, 0.2) is 0 Å². The van der Waals surface area contributed by atoms with Gasteiger partial charge in [-0.25, -0.2) is 0 Å². The molecule has 0 aliphatic heterocycles. The monoisotopic (exact) mass is 294 g/mol. The summed E-state index contributed by atoms with van der Waals surface area (Å²) in [5.41, 5.74) is 0. The molecule has 0 aromatic carbocycles. The molecule has 4 N–H and O–H groups in total. The number of aliphatic hydroxyl groups is 4. The molecule has 0 spiro atoms. The van der Waals surface area contributed by atoms with Crippen LogP contribution in [0.3, 0.4) is 0 Å². The second kappa shape index (κ2) is 11.6. The predicted molar refractivity (Wildman–Crippen MR) is 66.1 cm³/mol. The smallest absolute Gasteiger partial charge is 0.308 e. The molecular weight excluding hydrogens is 272 g/mol. The van der Waals surface area contributed by atoms with Crippen LogP contribution in [0, 0.1) is 0 Å². The Morgan fingerprint density at radius 1 is 0.800 bits per heavy atom. The maximum absolute atomic E-state index is 11.2. The fourth-order valence-corrected chi connectivity index (χ4v) is 1.30. The van der Waals surface area contributed by atoms with Crippen molar-refractivity contribution < 1.29 is 39.5 Å². The van der Waals surface area contributed by atoms with Gasteiger partial charge < -0.3 is 29.9 Å². The molecule has 8 nitrogen and oxygen atoms in total. The largest absolute Gasteiger partial charge is 0.436 e. The van der Waals surface area contributed by atoms with E-state index in [9.17, 15) is 9.59 Å². The highest BCUT2D eigenvalue weighted by atomic mass is 16.6. The van der Waals surface area contributed by atoms with Crippen LogP contribution in [-0.4, -0.2) is 58.2 Å². The Morgan fingerprint density at radius 2 is 1.15 bits per heavy atom. The highest BCUT2D eigenvalue weighted by molar-refractivity contribution is 5.70. The predicted octanol–water partition coefficient (Wildman–Crippen LogP) is -0.965. The van der Waals surface area contributed by atoms with E-state index < -0.39 is 24.5 Å². The third-order valence-corrected chi connectivity index (χ3v) is 2.30. The van der Waals surface area contributed by atoms with Gasteiger partial charge in [-0.15, -0.1) is 0 Å². The van der Waals surface area contributed by atoms with Gasteiger partial charge in [0.15, 0.2) is 0 Å². The average Bonchev–Trinajstić information content (AvgIpc) is 2.35. The normalized spacial score (nSPS) is 13.6. The van der Waals surface area contributed by atoms with E-state index in [2.05, 4.69) is 9.47 Å². The molecule has 0 saturated heterocycles. The number of rotatable bonds is 11. The Morgan fingerprint density at radius 3 is 1.45 bits per heavy atom. The van der Waals surface area contributed by atoms with Crippen LogP contribution in [0.4, 0.5) is 0 Å². The van der Waals surface area contributed by atoms with Crippen molar-refractivity contribution in [3.8, 4) is 0 Å². The minimum Gasteiger partial charge on any atom is -0.436 e. The van der Waals surface area contributed by atoms with Crippen molar-refractivity contribution in [3.05, 3.63) is 0 Å². The topological polar surface area (TPSA) is 134 Å². The highest BCUT2D eigenvalue weighted by Gasteiger charge is 2.12. The zero-order valence-electron chi connectivity index (χ0n) is 11.2. The van der Waals surface area contributed by atoms with Gasteiger partial charge in [0, 0.05) is 38.9 Å². The second-order valence-electron chi connectivity index (χ2n) is 4.12. The highest BCUT2D eigenvalue weighted by Crippen LogP contribution is 2.06. The second-order valence-corrected chi connectivity index (χ2v) is 4.12. The van der Waals surface area contributed by atoms with E-state index in [1.54, 1.807) is 0 Å². The summed E-state index contributed by atoms with van der Waals surface area (Å²) in [7, 11) is 0. The molecule has 8 heteroatoms. The molecule has 0 amide bonds. The van der Waals surface area contributed by atoms with Gasteiger partial charge in [0.05, 0.1) is 0 Å². The summed E-state index contributed by atoms with van der Waals surface area (Å²) in [6.45, 7) is -0.563. The lowest BCUT2D eigenvalue weighted by Crippen LogP contribution is -2.19. The molecule has 2 unspecified atom stereocenters. The molecule has 0 rings (SSSR count). The summed E-state index contributed by atoms with van der Waals surface area (Å²) in [4.78, 5) is 22.4. The van der Waals surface area contributed by atoms with E-state index in [4.69, 9.17) is 20.4 Å². The molecule has 0 bridgehead atoms. The van der Waals surface area contributed by atoms with Crippen molar-refractivity contribution in [2.45, 2.75) is 51.1 Å². The van der Waals surface area contributed by atoms with E-state index in [0.29, 0.717) is 12.8 Å². The van der Waals surface area contributed by atoms with Crippen LogP contribution in [-0.2, 0) is 19.1 Å². The summed E-state index contributed by atoms with van der Waals surface area (Å²) >= 11 is 0. The van der Waals surface area contributed by atoms with Crippen molar-refractivity contribution in [2.75, 3.05) is 13.2 Å². The first kappa shape index (κ1) is 18.8. The molecule has 0 aromatic rings. The first-order valence-corrected chi connectivity index (χ1v) is 6.46. The Labute approximate surface area is 116 Å². The zero-order chi connectivity index (χ0) is 15.4. The minimum absolute atomic E-state index is 0.0367. The van der Waals surface area contributed by atoms with E-state index in [1.165, 1.54) is 0 Å². The summed E-state index contributed by atoms with van der Waals surface area (Å²) in [6.07, 6.45) is -1.89. The van der Waals surface area contributed by atoms with Gasteiger partial charge in [-0.05, 0) is 12.8 Å².